The number of aromatic nitrogens is 3. The molecule has 0 fully saturated rings. The molecule has 2 heterocycles. The molecule has 0 unspecified atom stereocenters. The lowest BCUT2D eigenvalue weighted by Gasteiger charge is -2.05. The fraction of sp³-hybridized carbons (Fsp3) is 0.0435. The van der Waals surface area contributed by atoms with E-state index in [0.29, 0.717) is 0 Å². The number of fused-ring (bicyclic) bond motifs is 3. The van der Waals surface area contributed by atoms with Gasteiger partial charge >= 0.3 is 0 Å². The first-order chi connectivity index (χ1) is 12.8. The van der Waals surface area contributed by atoms with Crippen molar-refractivity contribution >= 4 is 21.8 Å². The van der Waals surface area contributed by atoms with Gasteiger partial charge in [-0.25, -0.2) is 4.68 Å². The molecule has 26 heavy (non-hydrogen) atoms. The molecule has 0 spiro atoms. The predicted octanol–water partition coefficient (Wildman–Crippen LogP) is 5.55. The van der Waals surface area contributed by atoms with Gasteiger partial charge in [-0.15, -0.1) is 0 Å². The van der Waals surface area contributed by atoms with Crippen molar-refractivity contribution in [2.24, 2.45) is 0 Å². The summed E-state index contributed by atoms with van der Waals surface area (Å²) in [5.74, 6) is 0. The number of pyridine rings is 1. The van der Waals surface area contributed by atoms with Crippen LogP contribution in [0.4, 0.5) is 0 Å². The Morgan fingerprint density at radius 2 is 1.46 bits per heavy atom. The lowest BCUT2D eigenvalue weighted by molar-refractivity contribution is 0.917. The Balaban J connectivity index is 1.90. The van der Waals surface area contributed by atoms with Gasteiger partial charge in [-0.3, -0.25) is 4.98 Å². The Morgan fingerprint density at radius 3 is 2.27 bits per heavy atom. The molecule has 0 atom stereocenters. The molecular weight excluding hydrogens is 318 g/mol. The van der Waals surface area contributed by atoms with Crippen LogP contribution in [0.25, 0.3) is 38.8 Å². The van der Waals surface area contributed by atoms with Crippen molar-refractivity contribution in [2.45, 2.75) is 6.92 Å². The molecule has 0 N–H and O–H groups in total. The van der Waals surface area contributed by atoms with Gasteiger partial charge in [-0.1, -0.05) is 66.2 Å². The van der Waals surface area contributed by atoms with Crippen LogP contribution >= 0.6 is 0 Å². The number of rotatable bonds is 2. The van der Waals surface area contributed by atoms with Gasteiger partial charge in [0.05, 0.1) is 16.7 Å². The van der Waals surface area contributed by atoms with Gasteiger partial charge in [-0.2, -0.15) is 5.10 Å². The van der Waals surface area contributed by atoms with Gasteiger partial charge in [0.2, 0.25) is 0 Å². The minimum absolute atomic E-state index is 0.960. The Kier molecular flexibility index (Phi) is 3.32. The minimum Gasteiger partial charge on any atom is -0.255 e. The van der Waals surface area contributed by atoms with Crippen molar-refractivity contribution in [3.05, 3.63) is 90.6 Å². The second-order valence-electron chi connectivity index (χ2n) is 6.50. The highest BCUT2D eigenvalue weighted by Gasteiger charge is 2.16. The van der Waals surface area contributed by atoms with E-state index in [0.717, 1.165) is 38.8 Å². The van der Waals surface area contributed by atoms with Crippen LogP contribution in [0.5, 0.6) is 0 Å². The summed E-state index contributed by atoms with van der Waals surface area (Å²) in [6.45, 7) is 2.10. The third-order valence-corrected chi connectivity index (χ3v) is 4.74. The monoisotopic (exact) mass is 335 g/mol. The van der Waals surface area contributed by atoms with E-state index >= 15 is 0 Å². The van der Waals surface area contributed by atoms with E-state index in [-0.39, 0.29) is 0 Å². The number of aryl methyl sites for hydroxylation is 1. The van der Waals surface area contributed by atoms with Crippen molar-refractivity contribution in [3.8, 4) is 16.9 Å². The fourth-order valence-electron chi connectivity index (χ4n) is 3.41. The van der Waals surface area contributed by atoms with E-state index in [1.165, 1.54) is 5.56 Å². The average Bonchev–Trinajstić information content (AvgIpc) is 3.09. The zero-order chi connectivity index (χ0) is 17.5. The zero-order valence-electron chi connectivity index (χ0n) is 14.4. The normalized spacial score (nSPS) is 11.3. The Morgan fingerprint density at radius 1 is 0.731 bits per heavy atom. The van der Waals surface area contributed by atoms with E-state index < -0.39 is 0 Å². The van der Waals surface area contributed by atoms with E-state index in [4.69, 9.17) is 5.10 Å². The van der Waals surface area contributed by atoms with Crippen molar-refractivity contribution in [1.82, 2.24) is 14.8 Å². The highest BCUT2D eigenvalue weighted by Crippen LogP contribution is 2.33. The molecule has 3 aromatic carbocycles. The highest BCUT2D eigenvalue weighted by atomic mass is 15.3. The predicted molar refractivity (Wildman–Crippen MR) is 107 cm³/mol. The van der Waals surface area contributed by atoms with E-state index in [1.807, 2.05) is 41.2 Å². The Hall–Kier alpha value is -3.46. The van der Waals surface area contributed by atoms with Gasteiger partial charge in [0.15, 0.2) is 0 Å². The quantitative estimate of drug-likeness (QED) is 0.423. The molecule has 0 aliphatic carbocycles. The van der Waals surface area contributed by atoms with Crippen LogP contribution in [0.15, 0.2) is 85.1 Å². The summed E-state index contributed by atoms with van der Waals surface area (Å²) in [4.78, 5) is 4.67. The maximum atomic E-state index is 4.99. The smallest absolute Gasteiger partial charge is 0.102 e. The molecule has 2 aromatic heterocycles. The lowest BCUT2D eigenvalue weighted by atomic mass is 10.1. The Labute approximate surface area is 151 Å². The van der Waals surface area contributed by atoms with E-state index in [1.54, 1.807) is 0 Å². The van der Waals surface area contributed by atoms with Crippen LogP contribution in [0.1, 0.15) is 5.56 Å². The molecule has 0 aliphatic rings. The van der Waals surface area contributed by atoms with Crippen LogP contribution in [0, 0.1) is 6.92 Å². The molecule has 3 nitrogen and oxygen atoms in total. The standard InChI is InChI=1S/C23H17N3/c1-16-11-13-17(14-12-16)22-20-15-24-21-10-6-5-9-19(21)23(20)26(25-22)18-7-3-2-4-8-18/h2-15H,1H3. The van der Waals surface area contributed by atoms with Crippen LogP contribution in [-0.2, 0) is 0 Å². The molecule has 124 valence electrons. The molecule has 0 saturated carbocycles. The number of hydrogen-bond donors (Lipinski definition) is 0. The van der Waals surface area contributed by atoms with Gasteiger partial charge < -0.3 is 0 Å². The van der Waals surface area contributed by atoms with E-state index in [2.05, 4.69) is 60.4 Å². The third-order valence-electron chi connectivity index (χ3n) is 4.74. The van der Waals surface area contributed by atoms with Crippen molar-refractivity contribution in [3.63, 3.8) is 0 Å². The molecule has 0 bridgehead atoms. The van der Waals surface area contributed by atoms with Gasteiger partial charge in [0.25, 0.3) is 0 Å². The molecule has 0 aliphatic heterocycles. The third kappa shape index (κ3) is 2.29. The average molecular weight is 335 g/mol. The summed E-state index contributed by atoms with van der Waals surface area (Å²) in [5, 5.41) is 7.16. The summed E-state index contributed by atoms with van der Waals surface area (Å²) < 4.78 is 2.04. The maximum Gasteiger partial charge on any atom is 0.102 e. The van der Waals surface area contributed by atoms with Crippen LogP contribution in [0.2, 0.25) is 0 Å². The zero-order valence-corrected chi connectivity index (χ0v) is 14.4. The summed E-state index contributed by atoms with van der Waals surface area (Å²) >= 11 is 0. The topological polar surface area (TPSA) is 30.7 Å². The summed E-state index contributed by atoms with van der Waals surface area (Å²) in [6.07, 6.45) is 1.94. The SMILES string of the molecule is Cc1ccc(-c2nn(-c3ccccc3)c3c2cnc2ccccc23)cc1. The summed E-state index contributed by atoms with van der Waals surface area (Å²) in [7, 11) is 0. The highest BCUT2D eigenvalue weighted by molar-refractivity contribution is 6.08. The second kappa shape index (κ2) is 5.81. The largest absolute Gasteiger partial charge is 0.255 e. The molecule has 0 saturated heterocycles. The molecule has 3 heteroatoms. The van der Waals surface area contributed by atoms with Crippen molar-refractivity contribution < 1.29 is 0 Å². The molecule has 0 radical (unpaired) electrons. The van der Waals surface area contributed by atoms with Crippen LogP contribution < -0.4 is 0 Å². The van der Waals surface area contributed by atoms with Gasteiger partial charge in [0.1, 0.15) is 5.69 Å². The summed E-state index contributed by atoms with van der Waals surface area (Å²) in [5.41, 5.74) is 6.43. The molecule has 5 rings (SSSR count). The first-order valence-corrected chi connectivity index (χ1v) is 8.70. The molecule has 5 aromatic rings. The number of nitrogens with zero attached hydrogens (tertiary/aromatic N) is 3. The van der Waals surface area contributed by atoms with Gasteiger partial charge in [0, 0.05) is 22.5 Å². The second-order valence-corrected chi connectivity index (χ2v) is 6.50. The molecule has 0 amide bonds. The maximum absolute atomic E-state index is 4.99. The lowest BCUT2D eigenvalue weighted by Crippen LogP contribution is -1.96. The summed E-state index contributed by atoms with van der Waals surface area (Å²) in [6, 6.07) is 27.0. The minimum atomic E-state index is 0.960. The first kappa shape index (κ1) is 14.8. The first-order valence-electron chi connectivity index (χ1n) is 8.70. The number of hydrogen-bond acceptors (Lipinski definition) is 2. The Bertz CT molecular complexity index is 1220. The number of para-hydroxylation sites is 2. The molecular formula is C23H17N3. The van der Waals surface area contributed by atoms with Crippen LogP contribution in [-0.4, -0.2) is 14.8 Å². The van der Waals surface area contributed by atoms with Crippen molar-refractivity contribution in [1.29, 1.82) is 0 Å². The fourth-order valence-corrected chi connectivity index (χ4v) is 3.41. The number of benzene rings is 3. The van der Waals surface area contributed by atoms with Crippen molar-refractivity contribution in [2.75, 3.05) is 0 Å². The van der Waals surface area contributed by atoms with Crippen LogP contribution in [0.3, 0.4) is 0 Å². The van der Waals surface area contributed by atoms with Gasteiger partial charge in [-0.05, 0) is 25.1 Å². The van der Waals surface area contributed by atoms with E-state index in [9.17, 15) is 0 Å².